The van der Waals surface area contributed by atoms with Gasteiger partial charge in [-0.25, -0.2) is 9.67 Å². The van der Waals surface area contributed by atoms with Gasteiger partial charge in [0.25, 0.3) is 0 Å². The first kappa shape index (κ1) is 15.4. The first-order valence-corrected chi connectivity index (χ1v) is 7.25. The molecule has 0 aliphatic carbocycles. The lowest BCUT2D eigenvalue weighted by Gasteiger charge is -2.24. The zero-order valence-electron chi connectivity index (χ0n) is 13.3. The van der Waals surface area contributed by atoms with E-state index in [1.54, 1.807) is 12.4 Å². The van der Waals surface area contributed by atoms with E-state index < -0.39 is 5.54 Å². The maximum Gasteiger partial charge on any atom is 0.244 e. The molecule has 114 valence electrons. The van der Waals surface area contributed by atoms with Crippen molar-refractivity contribution in [3.05, 3.63) is 18.5 Å². The third-order valence-electron chi connectivity index (χ3n) is 3.37. The molecule has 2 N–H and O–H groups in total. The van der Waals surface area contributed by atoms with Gasteiger partial charge in [0.15, 0.2) is 5.65 Å². The van der Waals surface area contributed by atoms with Gasteiger partial charge in [0, 0.05) is 11.4 Å². The third kappa shape index (κ3) is 3.21. The van der Waals surface area contributed by atoms with Crippen LogP contribution < -0.4 is 10.6 Å². The van der Waals surface area contributed by atoms with E-state index >= 15 is 0 Å². The van der Waals surface area contributed by atoms with Gasteiger partial charge in [0.1, 0.15) is 0 Å². The predicted molar refractivity (Wildman–Crippen MR) is 84.3 cm³/mol. The molecule has 2 aromatic heterocycles. The summed E-state index contributed by atoms with van der Waals surface area (Å²) in [5.41, 5.74) is 0.891. The molecular weight excluding hydrogens is 266 g/mol. The number of nitrogens with zero attached hydrogens (tertiary/aromatic N) is 3. The number of hydrogen-bond donors (Lipinski definition) is 2. The summed E-state index contributed by atoms with van der Waals surface area (Å²) >= 11 is 0. The Morgan fingerprint density at radius 1 is 1.38 bits per heavy atom. The Hall–Kier alpha value is -1.95. The van der Waals surface area contributed by atoms with Crippen LogP contribution in [0.4, 0.5) is 5.69 Å². The van der Waals surface area contributed by atoms with E-state index in [4.69, 9.17) is 0 Å². The van der Waals surface area contributed by atoms with Crippen LogP contribution in [0.5, 0.6) is 0 Å². The lowest BCUT2D eigenvalue weighted by molar-refractivity contribution is -0.121. The second-order valence-electron chi connectivity index (χ2n) is 5.93. The molecule has 2 rings (SSSR count). The fraction of sp³-hybridized carbons (Fsp3) is 0.533. The Bertz CT molecular complexity index is 645. The number of pyridine rings is 1. The summed E-state index contributed by atoms with van der Waals surface area (Å²) < 4.78 is 1.86. The fourth-order valence-electron chi connectivity index (χ4n) is 2.20. The summed E-state index contributed by atoms with van der Waals surface area (Å²) in [5.74, 6) is -0.0817. The highest BCUT2D eigenvalue weighted by molar-refractivity contribution is 5.98. The van der Waals surface area contributed by atoms with Crippen molar-refractivity contribution in [2.24, 2.45) is 0 Å². The predicted octanol–water partition coefficient (Wildman–Crippen LogP) is 2.34. The lowest BCUT2D eigenvalue weighted by atomic mass is 10.0. The summed E-state index contributed by atoms with van der Waals surface area (Å²) in [5, 5.41) is 11.3. The number of aromatic nitrogens is 3. The molecule has 0 radical (unpaired) electrons. The van der Waals surface area contributed by atoms with Gasteiger partial charge in [-0.3, -0.25) is 4.79 Å². The topological polar surface area (TPSA) is 71.8 Å². The zero-order chi connectivity index (χ0) is 15.6. The molecule has 6 nitrogen and oxygen atoms in total. The normalized spacial score (nSPS) is 12.1. The summed E-state index contributed by atoms with van der Waals surface area (Å²) in [6, 6.07) is 2.15. The molecule has 0 aliphatic heterocycles. The van der Waals surface area contributed by atoms with Crippen LogP contribution in [0.1, 0.15) is 40.7 Å². The Morgan fingerprint density at radius 3 is 2.71 bits per heavy atom. The van der Waals surface area contributed by atoms with Crippen molar-refractivity contribution in [3.8, 4) is 0 Å². The third-order valence-corrected chi connectivity index (χ3v) is 3.37. The highest BCUT2D eigenvalue weighted by Crippen LogP contribution is 2.19. The van der Waals surface area contributed by atoms with Crippen LogP contribution in [-0.4, -0.2) is 32.8 Å². The van der Waals surface area contributed by atoms with Gasteiger partial charge >= 0.3 is 0 Å². The minimum atomic E-state index is -0.619. The van der Waals surface area contributed by atoms with Crippen molar-refractivity contribution in [2.45, 2.75) is 46.2 Å². The summed E-state index contributed by atoms with van der Waals surface area (Å²) in [7, 11) is 0. The smallest absolute Gasteiger partial charge is 0.244 e. The Morgan fingerprint density at radius 2 is 2.10 bits per heavy atom. The number of carbonyl (C=O) groups is 1. The summed E-state index contributed by atoms with van der Waals surface area (Å²) in [4.78, 5) is 16.7. The highest BCUT2D eigenvalue weighted by Gasteiger charge is 2.26. The minimum absolute atomic E-state index is 0.0817. The van der Waals surface area contributed by atoms with E-state index in [0.717, 1.165) is 17.6 Å². The van der Waals surface area contributed by atoms with E-state index in [1.165, 1.54) is 0 Å². The second-order valence-corrected chi connectivity index (χ2v) is 5.93. The fourth-order valence-corrected chi connectivity index (χ4v) is 2.20. The van der Waals surface area contributed by atoms with E-state index in [1.807, 2.05) is 31.5 Å². The number of hydrogen-bond acceptors (Lipinski definition) is 4. The van der Waals surface area contributed by atoms with Crippen LogP contribution in [0.2, 0.25) is 0 Å². The van der Waals surface area contributed by atoms with Gasteiger partial charge in [-0.2, -0.15) is 5.10 Å². The van der Waals surface area contributed by atoms with Crippen molar-refractivity contribution in [1.29, 1.82) is 0 Å². The molecule has 0 fully saturated rings. The highest BCUT2D eigenvalue weighted by atomic mass is 16.2. The minimum Gasteiger partial charge on any atom is -0.323 e. The second kappa shape index (κ2) is 5.81. The molecule has 21 heavy (non-hydrogen) atoms. The van der Waals surface area contributed by atoms with Crippen molar-refractivity contribution < 1.29 is 4.79 Å². The number of anilines is 1. The monoisotopic (exact) mass is 289 g/mol. The van der Waals surface area contributed by atoms with E-state index in [9.17, 15) is 4.79 Å². The molecule has 0 aromatic carbocycles. The molecule has 0 unspecified atom stereocenters. The Labute approximate surface area is 124 Å². The van der Waals surface area contributed by atoms with Crippen LogP contribution >= 0.6 is 0 Å². The van der Waals surface area contributed by atoms with Gasteiger partial charge in [-0.1, -0.05) is 6.92 Å². The molecular formula is C15H23N5O. The van der Waals surface area contributed by atoms with Crippen molar-refractivity contribution >= 4 is 22.6 Å². The number of fused-ring (bicyclic) bond motifs is 1. The van der Waals surface area contributed by atoms with Crippen LogP contribution in [-0.2, 0) is 4.79 Å². The van der Waals surface area contributed by atoms with Crippen LogP contribution in [0, 0.1) is 0 Å². The van der Waals surface area contributed by atoms with Crippen LogP contribution in [0.15, 0.2) is 18.5 Å². The molecule has 6 heteroatoms. The zero-order valence-corrected chi connectivity index (χ0v) is 13.3. The number of nitrogens with one attached hydrogen (secondary N) is 2. The van der Waals surface area contributed by atoms with Gasteiger partial charge in [-0.05, 0) is 40.3 Å². The Balaban J connectivity index is 2.22. The maximum absolute atomic E-state index is 12.3. The molecule has 0 bridgehead atoms. The molecule has 2 heterocycles. The summed E-state index contributed by atoms with van der Waals surface area (Å²) in [6.45, 7) is 10.5. The van der Waals surface area contributed by atoms with Gasteiger partial charge < -0.3 is 10.6 Å². The first-order chi connectivity index (χ1) is 9.85. The summed E-state index contributed by atoms with van der Waals surface area (Å²) in [6.07, 6.45) is 3.44. The molecule has 1 amide bonds. The van der Waals surface area contributed by atoms with Crippen LogP contribution in [0.3, 0.4) is 0 Å². The molecule has 0 aliphatic rings. The SMILES string of the molecule is CCNC(C)(C)C(=O)Nc1cnc2c(cnn2C(C)C)c1. The van der Waals surface area contributed by atoms with Crippen molar-refractivity contribution in [1.82, 2.24) is 20.1 Å². The molecule has 0 atom stereocenters. The first-order valence-electron chi connectivity index (χ1n) is 7.25. The number of rotatable bonds is 5. The van der Waals surface area contributed by atoms with Gasteiger partial charge in [0.2, 0.25) is 5.91 Å². The number of likely N-dealkylation sites (N-methyl/N-ethyl adjacent to an activating group) is 1. The average Bonchev–Trinajstić information content (AvgIpc) is 2.81. The largest absolute Gasteiger partial charge is 0.323 e. The van der Waals surface area contributed by atoms with E-state index in [2.05, 4.69) is 34.6 Å². The standard InChI is InChI=1S/C15H23N5O/c1-6-17-15(4,5)14(21)19-12-7-11-8-18-20(10(2)3)13(11)16-9-12/h7-10,17H,6H2,1-5H3,(H,19,21). The van der Waals surface area contributed by atoms with Crippen molar-refractivity contribution in [2.75, 3.05) is 11.9 Å². The molecule has 0 saturated heterocycles. The number of amides is 1. The average molecular weight is 289 g/mol. The Kier molecular flexibility index (Phi) is 4.27. The van der Waals surface area contributed by atoms with Crippen molar-refractivity contribution in [3.63, 3.8) is 0 Å². The van der Waals surface area contributed by atoms with Gasteiger partial charge in [-0.15, -0.1) is 0 Å². The van der Waals surface area contributed by atoms with E-state index in [-0.39, 0.29) is 11.9 Å². The number of carbonyl (C=O) groups excluding carboxylic acids is 1. The lowest BCUT2D eigenvalue weighted by Crippen LogP contribution is -2.49. The molecule has 0 spiro atoms. The van der Waals surface area contributed by atoms with E-state index in [0.29, 0.717) is 5.69 Å². The quantitative estimate of drug-likeness (QED) is 0.886. The molecule has 0 saturated carbocycles. The van der Waals surface area contributed by atoms with Crippen LogP contribution in [0.25, 0.3) is 11.0 Å². The molecule has 2 aromatic rings. The maximum atomic E-state index is 12.3. The van der Waals surface area contributed by atoms with Gasteiger partial charge in [0.05, 0.1) is 23.6 Å².